The number of nitrogens with zero attached hydrogens (tertiary/aromatic N) is 1. The number of nitriles is 1. The summed E-state index contributed by atoms with van der Waals surface area (Å²) in [5.74, 6) is 0.577. The van der Waals surface area contributed by atoms with Gasteiger partial charge in [-0.1, -0.05) is 12.1 Å². The minimum absolute atomic E-state index is 0.0339. The summed E-state index contributed by atoms with van der Waals surface area (Å²) in [6.45, 7) is 0.212. The average molecular weight is 310 g/mol. The Morgan fingerprint density at radius 2 is 1.83 bits per heavy atom. The number of rotatable bonds is 7. The number of benzene rings is 2. The predicted octanol–water partition coefficient (Wildman–Crippen LogP) is 2.50. The van der Waals surface area contributed by atoms with Crippen molar-refractivity contribution in [3.8, 4) is 11.8 Å². The molecule has 0 unspecified atom stereocenters. The van der Waals surface area contributed by atoms with E-state index in [-0.39, 0.29) is 19.1 Å². The molecule has 0 radical (unpaired) electrons. The lowest BCUT2D eigenvalue weighted by Gasteiger charge is -2.07. The van der Waals surface area contributed by atoms with Crippen molar-refractivity contribution in [3.05, 3.63) is 59.7 Å². The molecule has 118 valence electrons. The Kier molecular flexibility index (Phi) is 6.16. The Morgan fingerprint density at radius 1 is 1.13 bits per heavy atom. The third-order valence-corrected chi connectivity index (χ3v) is 3.22. The molecule has 0 fully saturated rings. The average Bonchev–Trinajstić information content (AvgIpc) is 2.60. The zero-order valence-corrected chi connectivity index (χ0v) is 12.7. The Balaban J connectivity index is 1.80. The van der Waals surface area contributed by atoms with Crippen molar-refractivity contribution < 1.29 is 14.6 Å². The summed E-state index contributed by atoms with van der Waals surface area (Å²) in [7, 11) is 0. The van der Waals surface area contributed by atoms with Gasteiger partial charge in [-0.2, -0.15) is 5.26 Å². The molecule has 0 saturated carbocycles. The van der Waals surface area contributed by atoms with Gasteiger partial charge >= 0.3 is 0 Å². The van der Waals surface area contributed by atoms with Gasteiger partial charge in [-0.3, -0.25) is 4.79 Å². The topological polar surface area (TPSA) is 82.4 Å². The largest absolute Gasteiger partial charge is 0.491 e. The van der Waals surface area contributed by atoms with E-state index in [1.165, 1.54) is 0 Å². The highest BCUT2D eigenvalue weighted by Crippen LogP contribution is 2.16. The Labute approximate surface area is 135 Å². The Bertz CT molecular complexity index is 673. The molecule has 0 aliphatic carbocycles. The molecule has 2 N–H and O–H groups in total. The summed E-state index contributed by atoms with van der Waals surface area (Å²) in [5.41, 5.74) is 2.33. The molecule has 0 atom stereocenters. The zero-order chi connectivity index (χ0) is 16.5. The number of aryl methyl sites for hydroxylation is 1. The van der Waals surface area contributed by atoms with Gasteiger partial charge in [-0.25, -0.2) is 0 Å². The highest BCUT2D eigenvalue weighted by atomic mass is 16.5. The fraction of sp³-hybridized carbons (Fsp3) is 0.222. The van der Waals surface area contributed by atoms with Gasteiger partial charge in [0, 0.05) is 12.1 Å². The van der Waals surface area contributed by atoms with Crippen LogP contribution in [0.3, 0.4) is 0 Å². The van der Waals surface area contributed by atoms with Crippen LogP contribution in [0.15, 0.2) is 48.5 Å². The molecule has 5 nitrogen and oxygen atoms in total. The fourth-order valence-corrected chi connectivity index (χ4v) is 2.03. The van der Waals surface area contributed by atoms with Crippen molar-refractivity contribution >= 4 is 11.6 Å². The van der Waals surface area contributed by atoms with Crippen molar-refractivity contribution in [2.24, 2.45) is 0 Å². The van der Waals surface area contributed by atoms with Crippen LogP contribution in [-0.2, 0) is 11.2 Å². The monoisotopic (exact) mass is 310 g/mol. The van der Waals surface area contributed by atoms with Gasteiger partial charge in [0.05, 0.1) is 18.2 Å². The summed E-state index contributed by atoms with van der Waals surface area (Å²) < 4.78 is 5.25. The van der Waals surface area contributed by atoms with Crippen LogP contribution in [0.25, 0.3) is 0 Å². The van der Waals surface area contributed by atoms with E-state index in [9.17, 15) is 4.79 Å². The zero-order valence-electron chi connectivity index (χ0n) is 12.7. The van der Waals surface area contributed by atoms with Crippen LogP contribution in [0.2, 0.25) is 0 Å². The predicted molar refractivity (Wildman–Crippen MR) is 87.1 cm³/mol. The van der Waals surface area contributed by atoms with Crippen LogP contribution in [0, 0.1) is 11.3 Å². The number of aliphatic hydroxyl groups excluding tert-OH is 1. The number of nitrogens with one attached hydrogen (secondary N) is 1. The number of hydrogen-bond acceptors (Lipinski definition) is 4. The van der Waals surface area contributed by atoms with Crippen LogP contribution in [0.4, 0.5) is 5.69 Å². The number of amides is 1. The van der Waals surface area contributed by atoms with Gasteiger partial charge in [-0.15, -0.1) is 0 Å². The number of aliphatic hydroxyl groups is 1. The Hall–Kier alpha value is -2.84. The van der Waals surface area contributed by atoms with Crippen LogP contribution in [0.5, 0.6) is 5.75 Å². The number of anilines is 1. The minimum atomic E-state index is -0.0709. The number of ether oxygens (including phenoxy) is 1. The quantitative estimate of drug-likeness (QED) is 0.823. The van der Waals surface area contributed by atoms with Crippen molar-refractivity contribution in [3.63, 3.8) is 0 Å². The van der Waals surface area contributed by atoms with E-state index < -0.39 is 0 Å². The van der Waals surface area contributed by atoms with E-state index in [1.54, 1.807) is 36.4 Å². The fourth-order valence-electron chi connectivity index (χ4n) is 2.03. The third kappa shape index (κ3) is 5.46. The van der Waals surface area contributed by atoms with Gasteiger partial charge in [0.25, 0.3) is 0 Å². The molecule has 0 aliphatic rings. The lowest BCUT2D eigenvalue weighted by molar-refractivity contribution is -0.116. The summed E-state index contributed by atoms with van der Waals surface area (Å²) in [6, 6.07) is 16.3. The lowest BCUT2D eigenvalue weighted by atomic mass is 10.1. The second kappa shape index (κ2) is 8.57. The first-order valence-electron chi connectivity index (χ1n) is 7.34. The molecule has 5 heteroatoms. The molecule has 0 heterocycles. The van der Waals surface area contributed by atoms with E-state index in [4.69, 9.17) is 15.1 Å². The van der Waals surface area contributed by atoms with Crippen molar-refractivity contribution in [1.82, 2.24) is 0 Å². The van der Waals surface area contributed by atoms with Gasteiger partial charge in [-0.05, 0) is 48.4 Å². The molecule has 0 aliphatic heterocycles. The molecule has 0 saturated heterocycles. The number of carbonyl (C=O) groups excluding carboxylic acids is 1. The van der Waals surface area contributed by atoms with Crippen molar-refractivity contribution in [1.29, 1.82) is 5.26 Å². The van der Waals surface area contributed by atoms with E-state index in [1.807, 2.05) is 12.1 Å². The molecular formula is C18H18N2O3. The first-order valence-corrected chi connectivity index (χ1v) is 7.34. The lowest BCUT2D eigenvalue weighted by Crippen LogP contribution is -2.12. The third-order valence-electron chi connectivity index (χ3n) is 3.22. The van der Waals surface area contributed by atoms with Gasteiger partial charge in [0.15, 0.2) is 0 Å². The second-order valence-corrected chi connectivity index (χ2v) is 4.95. The van der Waals surface area contributed by atoms with E-state index >= 15 is 0 Å². The van der Waals surface area contributed by atoms with E-state index in [0.717, 1.165) is 5.56 Å². The molecule has 0 aromatic heterocycles. The molecule has 0 spiro atoms. The summed E-state index contributed by atoms with van der Waals surface area (Å²) >= 11 is 0. The van der Waals surface area contributed by atoms with Crippen LogP contribution < -0.4 is 10.1 Å². The number of carbonyl (C=O) groups is 1. The van der Waals surface area contributed by atoms with E-state index in [2.05, 4.69) is 11.4 Å². The summed E-state index contributed by atoms with van der Waals surface area (Å²) in [5, 5.41) is 20.2. The van der Waals surface area contributed by atoms with Gasteiger partial charge in [0.1, 0.15) is 12.4 Å². The van der Waals surface area contributed by atoms with E-state index in [0.29, 0.717) is 29.8 Å². The maximum Gasteiger partial charge on any atom is 0.224 e. The van der Waals surface area contributed by atoms with Crippen molar-refractivity contribution in [2.75, 3.05) is 18.5 Å². The second-order valence-electron chi connectivity index (χ2n) is 4.95. The van der Waals surface area contributed by atoms with Crippen LogP contribution in [0.1, 0.15) is 17.5 Å². The summed E-state index contributed by atoms with van der Waals surface area (Å²) in [4.78, 5) is 11.9. The molecule has 1 amide bonds. The maximum absolute atomic E-state index is 11.9. The highest BCUT2D eigenvalue weighted by molar-refractivity contribution is 5.90. The van der Waals surface area contributed by atoms with Gasteiger partial charge < -0.3 is 15.2 Å². The molecule has 23 heavy (non-hydrogen) atoms. The molecular weight excluding hydrogens is 292 g/mol. The first-order chi connectivity index (χ1) is 11.2. The molecule has 2 rings (SSSR count). The summed E-state index contributed by atoms with van der Waals surface area (Å²) in [6.07, 6.45) is 0.990. The molecule has 2 aromatic rings. The minimum Gasteiger partial charge on any atom is -0.491 e. The Morgan fingerprint density at radius 3 is 2.43 bits per heavy atom. The van der Waals surface area contributed by atoms with Crippen LogP contribution in [-0.4, -0.2) is 24.2 Å². The van der Waals surface area contributed by atoms with Gasteiger partial charge in [0.2, 0.25) is 5.91 Å². The maximum atomic E-state index is 11.9. The highest BCUT2D eigenvalue weighted by Gasteiger charge is 2.04. The standard InChI is InChI=1S/C18H18N2O3/c19-13-15-3-1-14(2-4-15)5-10-18(22)20-16-6-8-17(9-7-16)23-12-11-21/h1-4,6-9,21H,5,10-12H2,(H,20,22). The molecule has 2 aromatic carbocycles. The SMILES string of the molecule is N#Cc1ccc(CCC(=O)Nc2ccc(OCCO)cc2)cc1. The smallest absolute Gasteiger partial charge is 0.224 e. The first kappa shape index (κ1) is 16.5. The number of hydrogen-bond donors (Lipinski definition) is 2. The van der Waals surface area contributed by atoms with Crippen molar-refractivity contribution in [2.45, 2.75) is 12.8 Å². The van der Waals surface area contributed by atoms with Crippen LogP contribution >= 0.6 is 0 Å². The molecule has 0 bridgehead atoms. The normalized spacial score (nSPS) is 9.91.